The van der Waals surface area contributed by atoms with E-state index >= 15 is 0 Å². The zero-order valence-corrected chi connectivity index (χ0v) is 20.2. The number of benzene rings is 4. The number of rotatable bonds is 6. The topological polar surface area (TPSA) is 41.9 Å². The number of hydrogen-bond donors (Lipinski definition) is 0. The van der Waals surface area contributed by atoms with Crippen molar-refractivity contribution in [1.82, 2.24) is 0 Å². The van der Waals surface area contributed by atoms with Crippen molar-refractivity contribution in [2.45, 2.75) is 6.61 Å². The van der Waals surface area contributed by atoms with Crippen LogP contribution >= 0.6 is 23.4 Å². The maximum Gasteiger partial charge on any atom is 0.271 e. The number of para-hydroxylation sites is 3. The molecule has 0 saturated carbocycles. The van der Waals surface area contributed by atoms with Gasteiger partial charge in [-0.2, -0.15) is 0 Å². The van der Waals surface area contributed by atoms with E-state index in [1.807, 2.05) is 115 Å². The summed E-state index contributed by atoms with van der Waals surface area (Å²) in [5.41, 5.74) is 3.35. The minimum absolute atomic E-state index is 0.125. The van der Waals surface area contributed by atoms with Crippen molar-refractivity contribution in [1.29, 1.82) is 0 Å². The molecule has 0 atom stereocenters. The molecule has 4 nitrogen and oxygen atoms in total. The van der Waals surface area contributed by atoms with Crippen molar-refractivity contribution < 1.29 is 9.53 Å². The SMILES string of the molecule is O=C1/C(=C/c2ccccc2OCc2cccc(Cl)c2)SC(=Nc2ccccc2)N1c1ccccc1. The van der Waals surface area contributed by atoms with Gasteiger partial charge in [0.15, 0.2) is 5.17 Å². The Morgan fingerprint density at radius 2 is 1.57 bits per heavy atom. The minimum atomic E-state index is -0.125. The van der Waals surface area contributed by atoms with E-state index in [9.17, 15) is 4.79 Å². The highest BCUT2D eigenvalue weighted by Crippen LogP contribution is 2.38. The lowest BCUT2D eigenvalue weighted by molar-refractivity contribution is -0.113. The van der Waals surface area contributed by atoms with Gasteiger partial charge in [-0.15, -0.1) is 0 Å². The molecule has 0 aliphatic carbocycles. The maximum atomic E-state index is 13.5. The van der Waals surface area contributed by atoms with Gasteiger partial charge in [-0.25, -0.2) is 4.99 Å². The first-order chi connectivity index (χ1) is 17.2. The summed E-state index contributed by atoms with van der Waals surface area (Å²) < 4.78 is 6.09. The van der Waals surface area contributed by atoms with Crippen LogP contribution in [0.1, 0.15) is 11.1 Å². The van der Waals surface area contributed by atoms with Crippen LogP contribution in [0, 0.1) is 0 Å². The van der Waals surface area contributed by atoms with E-state index in [0.29, 0.717) is 27.5 Å². The van der Waals surface area contributed by atoms with E-state index in [2.05, 4.69) is 0 Å². The van der Waals surface area contributed by atoms with Crippen molar-refractivity contribution in [3.05, 3.63) is 130 Å². The number of hydrogen-bond acceptors (Lipinski definition) is 4. The van der Waals surface area contributed by atoms with Gasteiger partial charge < -0.3 is 4.74 Å². The van der Waals surface area contributed by atoms with Crippen LogP contribution in [0.2, 0.25) is 5.02 Å². The minimum Gasteiger partial charge on any atom is -0.488 e. The Hall–Kier alpha value is -3.80. The molecule has 0 radical (unpaired) electrons. The van der Waals surface area contributed by atoms with Crippen LogP contribution in [0.4, 0.5) is 11.4 Å². The standard InChI is InChI=1S/C29H21ClN2O2S/c30-23-12-9-10-21(18-23)20-34-26-17-8-7-11-22(26)19-27-28(33)32(25-15-5-2-6-16-25)29(35-27)31-24-13-3-1-4-14-24/h1-19H,20H2/b27-19-,31-29?. The normalized spacial score (nSPS) is 15.7. The fourth-order valence-electron chi connectivity index (χ4n) is 3.63. The number of ether oxygens (including phenoxy) is 1. The number of halogens is 1. The van der Waals surface area contributed by atoms with Crippen molar-refractivity contribution >= 4 is 51.9 Å². The van der Waals surface area contributed by atoms with Crippen LogP contribution in [-0.2, 0) is 11.4 Å². The number of carbonyl (C=O) groups excluding carboxylic acids is 1. The van der Waals surface area contributed by atoms with Gasteiger partial charge in [0.25, 0.3) is 5.91 Å². The number of nitrogens with zero attached hydrogens (tertiary/aromatic N) is 2. The molecule has 6 heteroatoms. The average Bonchev–Trinajstić information content (AvgIpc) is 3.19. The maximum absolute atomic E-state index is 13.5. The molecule has 0 bridgehead atoms. The second kappa shape index (κ2) is 10.6. The van der Waals surface area contributed by atoms with Gasteiger partial charge >= 0.3 is 0 Å². The van der Waals surface area contributed by atoms with E-state index in [0.717, 1.165) is 22.5 Å². The lowest BCUT2D eigenvalue weighted by Crippen LogP contribution is -2.28. The molecule has 1 amide bonds. The van der Waals surface area contributed by atoms with Crippen LogP contribution in [-0.4, -0.2) is 11.1 Å². The molecule has 0 unspecified atom stereocenters. The molecular formula is C29H21ClN2O2S. The first-order valence-electron chi connectivity index (χ1n) is 11.1. The molecule has 1 heterocycles. The number of aliphatic imine (C=N–C) groups is 1. The zero-order chi connectivity index (χ0) is 24.0. The summed E-state index contributed by atoms with van der Waals surface area (Å²) in [6.07, 6.45) is 1.86. The first kappa shape index (κ1) is 23.0. The molecule has 1 aliphatic rings. The fourth-order valence-corrected chi connectivity index (χ4v) is 4.83. The van der Waals surface area contributed by atoms with Crippen molar-refractivity contribution in [2.75, 3.05) is 4.90 Å². The molecule has 35 heavy (non-hydrogen) atoms. The number of amidine groups is 1. The molecular weight excluding hydrogens is 476 g/mol. The van der Waals surface area contributed by atoms with Gasteiger partial charge in [0.05, 0.1) is 16.3 Å². The molecule has 0 spiro atoms. The molecule has 1 fully saturated rings. The molecule has 4 aromatic carbocycles. The average molecular weight is 497 g/mol. The molecule has 4 aromatic rings. The van der Waals surface area contributed by atoms with Gasteiger partial charge in [0.2, 0.25) is 0 Å². The number of carbonyl (C=O) groups is 1. The third-order valence-electron chi connectivity index (χ3n) is 5.29. The number of anilines is 1. The second-order valence-corrected chi connectivity index (χ2v) is 9.22. The van der Waals surface area contributed by atoms with Crippen molar-refractivity contribution in [3.8, 4) is 5.75 Å². The van der Waals surface area contributed by atoms with Crippen LogP contribution in [0.15, 0.2) is 119 Å². The van der Waals surface area contributed by atoms with Crippen molar-refractivity contribution in [3.63, 3.8) is 0 Å². The highest BCUT2D eigenvalue weighted by Gasteiger charge is 2.34. The smallest absolute Gasteiger partial charge is 0.271 e. The van der Waals surface area contributed by atoms with E-state index < -0.39 is 0 Å². The molecule has 5 rings (SSSR count). The molecule has 1 saturated heterocycles. The third kappa shape index (κ3) is 5.48. The van der Waals surface area contributed by atoms with Gasteiger partial charge in [-0.1, -0.05) is 78.3 Å². The van der Waals surface area contributed by atoms with Gasteiger partial charge in [0, 0.05) is 10.6 Å². The van der Waals surface area contributed by atoms with Crippen LogP contribution < -0.4 is 9.64 Å². The number of thioether (sulfide) groups is 1. The lowest BCUT2D eigenvalue weighted by atomic mass is 10.1. The van der Waals surface area contributed by atoms with E-state index in [1.165, 1.54) is 11.8 Å². The Bertz CT molecular complexity index is 1400. The highest BCUT2D eigenvalue weighted by molar-refractivity contribution is 8.19. The van der Waals surface area contributed by atoms with Crippen LogP contribution in [0.5, 0.6) is 5.75 Å². The summed E-state index contributed by atoms with van der Waals surface area (Å²) in [5, 5.41) is 1.27. The lowest BCUT2D eigenvalue weighted by Gasteiger charge is -2.15. The second-order valence-electron chi connectivity index (χ2n) is 7.77. The Labute approximate surface area is 213 Å². The van der Waals surface area contributed by atoms with Crippen molar-refractivity contribution in [2.24, 2.45) is 4.99 Å². The predicted molar refractivity (Wildman–Crippen MR) is 145 cm³/mol. The molecule has 0 aromatic heterocycles. The Morgan fingerprint density at radius 3 is 2.34 bits per heavy atom. The summed E-state index contributed by atoms with van der Waals surface area (Å²) in [5.74, 6) is 0.564. The largest absolute Gasteiger partial charge is 0.488 e. The summed E-state index contributed by atoms with van der Waals surface area (Å²) in [6.45, 7) is 0.374. The van der Waals surface area contributed by atoms with Gasteiger partial charge in [0.1, 0.15) is 12.4 Å². The van der Waals surface area contributed by atoms with Gasteiger partial charge in [-0.3, -0.25) is 9.69 Å². The summed E-state index contributed by atoms with van der Waals surface area (Å²) in [7, 11) is 0. The fraction of sp³-hybridized carbons (Fsp3) is 0.0345. The van der Waals surface area contributed by atoms with Crippen LogP contribution in [0.25, 0.3) is 6.08 Å². The quantitative estimate of drug-likeness (QED) is 0.256. The van der Waals surface area contributed by atoms with E-state index in [4.69, 9.17) is 21.3 Å². The third-order valence-corrected chi connectivity index (χ3v) is 6.49. The molecule has 0 N–H and O–H groups in total. The summed E-state index contributed by atoms with van der Waals surface area (Å²) >= 11 is 7.45. The summed E-state index contributed by atoms with van der Waals surface area (Å²) in [6, 6.07) is 34.4. The predicted octanol–water partition coefficient (Wildman–Crippen LogP) is 7.73. The zero-order valence-electron chi connectivity index (χ0n) is 18.7. The van der Waals surface area contributed by atoms with Crippen LogP contribution in [0.3, 0.4) is 0 Å². The Morgan fingerprint density at radius 1 is 0.857 bits per heavy atom. The Kier molecular flexibility index (Phi) is 6.98. The highest BCUT2D eigenvalue weighted by atomic mass is 35.5. The monoisotopic (exact) mass is 496 g/mol. The van der Waals surface area contributed by atoms with Gasteiger partial charge in [-0.05, 0) is 65.9 Å². The molecule has 172 valence electrons. The molecule has 1 aliphatic heterocycles. The van der Waals surface area contributed by atoms with E-state index in [1.54, 1.807) is 4.90 Å². The number of amides is 1. The van der Waals surface area contributed by atoms with E-state index in [-0.39, 0.29) is 5.91 Å². The Balaban J connectivity index is 1.47. The summed E-state index contributed by atoms with van der Waals surface area (Å²) in [4.78, 5) is 20.5. The first-order valence-corrected chi connectivity index (χ1v) is 12.3.